The van der Waals surface area contributed by atoms with E-state index in [1.165, 1.54) is 4.90 Å². The fourth-order valence-electron chi connectivity index (χ4n) is 4.62. The number of ether oxygens (including phenoxy) is 1. The molecular weight excluding hydrogens is 432 g/mol. The van der Waals surface area contributed by atoms with E-state index in [1.807, 2.05) is 58.0 Å². The van der Waals surface area contributed by atoms with Gasteiger partial charge < -0.3 is 14.7 Å². The van der Waals surface area contributed by atoms with E-state index in [9.17, 15) is 14.4 Å². The molecule has 1 N–H and O–H groups in total. The minimum Gasteiger partial charge on any atom is -0.481 e. The van der Waals surface area contributed by atoms with Gasteiger partial charge in [0.25, 0.3) is 0 Å². The number of imide groups is 1. The van der Waals surface area contributed by atoms with Crippen molar-refractivity contribution in [3.63, 3.8) is 0 Å². The first-order valence-electron chi connectivity index (χ1n) is 12.0. The quantitative estimate of drug-likeness (QED) is 0.483. The number of carboxylic acids is 1. The van der Waals surface area contributed by atoms with Crippen molar-refractivity contribution in [2.45, 2.75) is 65.6 Å². The molecule has 1 aliphatic heterocycles. The third kappa shape index (κ3) is 4.79. The van der Waals surface area contributed by atoms with Crippen LogP contribution in [0.3, 0.4) is 0 Å². The molecule has 3 rings (SSSR count). The van der Waals surface area contributed by atoms with Crippen LogP contribution in [0.4, 0.5) is 4.79 Å². The molecular formula is C27H34N2O5. The van der Waals surface area contributed by atoms with E-state index in [0.29, 0.717) is 30.7 Å². The Kier molecular flexibility index (Phi) is 7.97. The number of benzene rings is 2. The van der Waals surface area contributed by atoms with Gasteiger partial charge in [0.15, 0.2) is 6.23 Å². The second kappa shape index (κ2) is 10.7. The third-order valence-corrected chi connectivity index (χ3v) is 6.81. The molecule has 7 heteroatoms. The van der Waals surface area contributed by atoms with Crippen LogP contribution < -0.4 is 4.74 Å². The highest BCUT2D eigenvalue weighted by Gasteiger charge is 2.63. The van der Waals surface area contributed by atoms with Gasteiger partial charge in [-0.25, -0.2) is 9.69 Å². The Morgan fingerprint density at radius 1 is 1.06 bits per heavy atom. The number of β-lactam (4-membered cyclic amide) rings is 1. The number of rotatable bonds is 10. The monoisotopic (exact) mass is 466 g/mol. The second-order valence-electron chi connectivity index (χ2n) is 8.79. The number of likely N-dealkylation sites (tertiary alicyclic amines) is 1. The van der Waals surface area contributed by atoms with Gasteiger partial charge in [0.2, 0.25) is 5.91 Å². The molecule has 3 amide bonds. The number of hydrogen-bond acceptors (Lipinski definition) is 4. The zero-order valence-electron chi connectivity index (χ0n) is 20.4. The van der Waals surface area contributed by atoms with E-state index < -0.39 is 17.6 Å². The van der Waals surface area contributed by atoms with E-state index in [2.05, 4.69) is 0 Å². The number of carbonyl (C=O) groups excluding carboxylic acids is 2. The van der Waals surface area contributed by atoms with Gasteiger partial charge in [0.05, 0.1) is 12.5 Å². The maximum absolute atomic E-state index is 13.7. The van der Waals surface area contributed by atoms with Crippen molar-refractivity contribution < 1.29 is 24.2 Å². The summed E-state index contributed by atoms with van der Waals surface area (Å²) in [5, 5.41) is 8.99. The van der Waals surface area contributed by atoms with Gasteiger partial charge in [-0.2, -0.15) is 0 Å². The second-order valence-corrected chi connectivity index (χ2v) is 8.79. The summed E-state index contributed by atoms with van der Waals surface area (Å²) in [6, 6.07) is 16.0. The van der Waals surface area contributed by atoms with Crippen LogP contribution in [0, 0.1) is 5.41 Å². The first-order valence-corrected chi connectivity index (χ1v) is 12.0. The number of amides is 3. The molecule has 1 fully saturated rings. The molecule has 34 heavy (non-hydrogen) atoms. The predicted molar refractivity (Wildman–Crippen MR) is 129 cm³/mol. The summed E-state index contributed by atoms with van der Waals surface area (Å²) in [4.78, 5) is 41.0. The van der Waals surface area contributed by atoms with Crippen molar-refractivity contribution in [1.29, 1.82) is 0 Å². The number of nitrogens with zero attached hydrogens (tertiary/aromatic N) is 2. The van der Waals surface area contributed by atoms with Gasteiger partial charge in [0.1, 0.15) is 11.2 Å². The Hall–Kier alpha value is -3.35. The molecule has 2 aromatic rings. The standard InChI is InChI=1S/C27H34N2O5/c1-5-17-28(19(4)21-11-9-8-10-12-21)26(33)29-24(32)27(6-2,7-3)25(29)34-22-15-13-20(14-16-22)18-23(30)31/h8-16,19,25H,5-7,17-18H2,1-4H3,(H,30,31)/t19-,25+/m1/s1. The summed E-state index contributed by atoms with van der Waals surface area (Å²) < 4.78 is 6.24. The summed E-state index contributed by atoms with van der Waals surface area (Å²) >= 11 is 0. The smallest absolute Gasteiger partial charge is 0.330 e. The molecule has 7 nitrogen and oxygen atoms in total. The summed E-state index contributed by atoms with van der Waals surface area (Å²) in [5.41, 5.74) is 0.880. The van der Waals surface area contributed by atoms with Crippen LogP contribution in [0.25, 0.3) is 0 Å². The van der Waals surface area contributed by atoms with Crippen molar-refractivity contribution >= 4 is 17.9 Å². The average Bonchev–Trinajstić information content (AvgIpc) is 2.84. The highest BCUT2D eigenvalue weighted by Crippen LogP contribution is 2.47. The number of carboxylic acid groups (broad SMARTS) is 1. The van der Waals surface area contributed by atoms with Gasteiger partial charge >= 0.3 is 12.0 Å². The Labute approximate surface area is 201 Å². The van der Waals surface area contributed by atoms with Gasteiger partial charge in [0, 0.05) is 6.54 Å². The molecule has 0 radical (unpaired) electrons. The van der Waals surface area contributed by atoms with Gasteiger partial charge in [-0.1, -0.05) is 63.2 Å². The van der Waals surface area contributed by atoms with Crippen molar-refractivity contribution in [2.24, 2.45) is 5.41 Å². The maximum atomic E-state index is 13.7. The van der Waals surface area contributed by atoms with Crippen LogP contribution in [0.1, 0.15) is 64.1 Å². The lowest BCUT2D eigenvalue weighted by atomic mass is 9.72. The van der Waals surface area contributed by atoms with Gasteiger partial charge in [-0.05, 0) is 49.4 Å². The zero-order valence-corrected chi connectivity index (χ0v) is 20.4. The lowest BCUT2D eigenvalue weighted by Crippen LogP contribution is -2.74. The first kappa shape index (κ1) is 25.3. The van der Waals surface area contributed by atoms with Crippen LogP contribution in [-0.2, 0) is 16.0 Å². The van der Waals surface area contributed by atoms with Crippen LogP contribution in [0.15, 0.2) is 54.6 Å². The molecule has 0 aliphatic carbocycles. The fraction of sp³-hybridized carbons (Fsp3) is 0.444. The molecule has 2 aromatic carbocycles. The van der Waals surface area contributed by atoms with E-state index in [0.717, 1.165) is 12.0 Å². The van der Waals surface area contributed by atoms with Crippen LogP contribution >= 0.6 is 0 Å². The highest BCUT2D eigenvalue weighted by molar-refractivity contribution is 6.03. The Balaban J connectivity index is 1.88. The molecule has 1 aliphatic rings. The van der Waals surface area contributed by atoms with Gasteiger partial charge in [-0.3, -0.25) is 9.59 Å². The van der Waals surface area contributed by atoms with Crippen molar-refractivity contribution in [2.75, 3.05) is 6.54 Å². The lowest BCUT2D eigenvalue weighted by Gasteiger charge is -2.54. The third-order valence-electron chi connectivity index (χ3n) is 6.81. The molecule has 2 atom stereocenters. The van der Waals surface area contributed by atoms with Crippen LogP contribution in [-0.4, -0.2) is 45.6 Å². The predicted octanol–water partition coefficient (Wildman–Crippen LogP) is 5.26. The Bertz CT molecular complexity index is 1000. The van der Waals surface area contributed by atoms with E-state index in [1.54, 1.807) is 29.2 Å². The fourth-order valence-corrected chi connectivity index (χ4v) is 4.62. The summed E-state index contributed by atoms with van der Waals surface area (Å²) in [6.45, 7) is 8.36. The molecule has 1 heterocycles. The number of aliphatic carboxylic acids is 1. The number of hydrogen-bond donors (Lipinski definition) is 1. The van der Waals surface area contributed by atoms with Gasteiger partial charge in [-0.15, -0.1) is 0 Å². The minimum atomic E-state index is -0.908. The molecule has 0 unspecified atom stereocenters. The molecule has 0 aromatic heterocycles. The van der Waals surface area contributed by atoms with Crippen molar-refractivity contribution in [3.8, 4) is 5.75 Å². The van der Waals surface area contributed by atoms with Crippen molar-refractivity contribution in [1.82, 2.24) is 9.80 Å². The van der Waals surface area contributed by atoms with E-state index in [-0.39, 0.29) is 24.4 Å². The molecule has 0 saturated carbocycles. The molecule has 0 bridgehead atoms. The number of urea groups is 1. The highest BCUT2D eigenvalue weighted by atomic mass is 16.5. The van der Waals surface area contributed by atoms with Crippen molar-refractivity contribution in [3.05, 3.63) is 65.7 Å². The lowest BCUT2D eigenvalue weighted by molar-refractivity contribution is -0.192. The van der Waals surface area contributed by atoms with Crippen LogP contribution in [0.2, 0.25) is 0 Å². The topological polar surface area (TPSA) is 87.2 Å². The van der Waals surface area contributed by atoms with E-state index >= 15 is 0 Å². The molecule has 0 spiro atoms. The Morgan fingerprint density at radius 2 is 1.68 bits per heavy atom. The molecule has 1 saturated heterocycles. The Morgan fingerprint density at radius 3 is 2.21 bits per heavy atom. The molecule has 182 valence electrons. The first-order chi connectivity index (χ1) is 16.3. The zero-order chi connectivity index (χ0) is 24.9. The summed E-state index contributed by atoms with van der Waals surface area (Å²) in [7, 11) is 0. The normalized spacial score (nSPS) is 17.6. The minimum absolute atomic E-state index is 0.0794. The summed E-state index contributed by atoms with van der Waals surface area (Å²) in [6.07, 6.45) is 1.06. The van der Waals surface area contributed by atoms with Crippen LogP contribution in [0.5, 0.6) is 5.75 Å². The maximum Gasteiger partial charge on any atom is 0.330 e. The average molecular weight is 467 g/mol. The largest absolute Gasteiger partial charge is 0.481 e. The summed E-state index contributed by atoms with van der Waals surface area (Å²) in [5.74, 6) is -0.625. The SMILES string of the molecule is CCCN(C(=O)N1C(=O)C(CC)(CC)[C@@H]1Oc1ccc(CC(=O)O)cc1)[C@H](C)c1ccccc1. The number of carbonyl (C=O) groups is 3. The van der Waals surface area contributed by atoms with E-state index in [4.69, 9.17) is 9.84 Å².